The van der Waals surface area contributed by atoms with Gasteiger partial charge in [0.1, 0.15) is 0 Å². The van der Waals surface area contributed by atoms with Gasteiger partial charge in [0.25, 0.3) is 5.91 Å². The number of carbonyl (C=O) groups is 1. The van der Waals surface area contributed by atoms with Crippen LogP contribution in [0, 0.1) is 0 Å². The average molecular weight is 411 g/mol. The summed E-state index contributed by atoms with van der Waals surface area (Å²) >= 11 is 0. The molecule has 0 unspecified atom stereocenters. The molecule has 29 heavy (non-hydrogen) atoms. The fraction of sp³-hybridized carbons (Fsp3) is 0.421. The third-order valence-corrected chi connectivity index (χ3v) is 3.87. The molecule has 1 heterocycles. The summed E-state index contributed by atoms with van der Waals surface area (Å²) in [5, 5.41) is 13.5. The van der Waals surface area contributed by atoms with Crippen molar-refractivity contribution in [2.75, 3.05) is 12.0 Å². The van der Waals surface area contributed by atoms with E-state index in [4.69, 9.17) is 0 Å². The number of benzene rings is 1. The number of aromatic nitrogens is 2. The van der Waals surface area contributed by atoms with Crippen LogP contribution in [0.3, 0.4) is 0 Å². The number of hydroxylamine groups is 1. The maximum Gasteiger partial charge on any atom is 0.389 e. The number of anilines is 1. The van der Waals surface area contributed by atoms with Gasteiger partial charge < -0.3 is 5.32 Å². The number of hydrogen-bond acceptors (Lipinski definition) is 6. The molecule has 2 aromatic rings. The SMILES string of the molecule is CC(C)(C)N(O)Nc1ccc(-c2ncccn2)cc1C(=O)NCCCC(F)(F)F. The Hall–Kier alpha value is -2.72. The first-order chi connectivity index (χ1) is 13.5. The summed E-state index contributed by atoms with van der Waals surface area (Å²) in [7, 11) is 0. The van der Waals surface area contributed by atoms with Crippen molar-refractivity contribution >= 4 is 11.6 Å². The second-order valence-corrected chi connectivity index (χ2v) is 7.40. The Morgan fingerprint density at radius 1 is 1.17 bits per heavy atom. The highest BCUT2D eigenvalue weighted by Crippen LogP contribution is 2.25. The van der Waals surface area contributed by atoms with Gasteiger partial charge in [0.15, 0.2) is 5.82 Å². The number of rotatable bonds is 7. The molecule has 1 aromatic heterocycles. The minimum absolute atomic E-state index is 0.133. The van der Waals surface area contributed by atoms with Gasteiger partial charge in [-0.1, -0.05) is 5.17 Å². The molecule has 0 aliphatic heterocycles. The first-order valence-corrected chi connectivity index (χ1v) is 8.99. The highest BCUT2D eigenvalue weighted by molar-refractivity contribution is 6.00. The van der Waals surface area contributed by atoms with E-state index >= 15 is 0 Å². The summed E-state index contributed by atoms with van der Waals surface area (Å²) in [5.74, 6) is -0.184. The summed E-state index contributed by atoms with van der Waals surface area (Å²) in [5.41, 5.74) is 3.05. The Morgan fingerprint density at radius 2 is 1.83 bits per heavy atom. The minimum atomic E-state index is -4.27. The van der Waals surface area contributed by atoms with Gasteiger partial charge in [-0.15, -0.1) is 0 Å². The van der Waals surface area contributed by atoms with E-state index in [-0.39, 0.29) is 24.2 Å². The van der Waals surface area contributed by atoms with Crippen molar-refractivity contribution in [1.29, 1.82) is 0 Å². The third kappa shape index (κ3) is 6.99. The number of amides is 1. The zero-order chi connectivity index (χ0) is 21.7. The van der Waals surface area contributed by atoms with Gasteiger partial charge in [0, 0.05) is 30.9 Å². The highest BCUT2D eigenvalue weighted by Gasteiger charge is 2.26. The molecule has 2 rings (SSSR count). The molecule has 7 nitrogen and oxygen atoms in total. The lowest BCUT2D eigenvalue weighted by Crippen LogP contribution is -2.43. The normalized spacial score (nSPS) is 12.1. The maximum atomic E-state index is 12.6. The fourth-order valence-electron chi connectivity index (χ4n) is 2.28. The van der Waals surface area contributed by atoms with E-state index in [9.17, 15) is 23.2 Å². The molecular weight excluding hydrogens is 387 g/mol. The van der Waals surface area contributed by atoms with Crippen LogP contribution in [-0.4, -0.2) is 44.5 Å². The van der Waals surface area contributed by atoms with Crippen molar-refractivity contribution < 1.29 is 23.2 Å². The van der Waals surface area contributed by atoms with E-state index in [2.05, 4.69) is 20.7 Å². The topological polar surface area (TPSA) is 90.4 Å². The molecule has 0 aliphatic rings. The second kappa shape index (κ2) is 9.19. The van der Waals surface area contributed by atoms with Gasteiger partial charge in [0.2, 0.25) is 0 Å². The Bertz CT molecular complexity index is 823. The number of hydrazine groups is 1. The highest BCUT2D eigenvalue weighted by atomic mass is 19.4. The monoisotopic (exact) mass is 411 g/mol. The molecule has 0 saturated carbocycles. The van der Waals surface area contributed by atoms with E-state index in [0.29, 0.717) is 11.4 Å². The molecule has 158 valence electrons. The lowest BCUT2D eigenvalue weighted by atomic mass is 10.1. The average Bonchev–Trinajstić information content (AvgIpc) is 2.64. The number of nitrogens with zero attached hydrogens (tertiary/aromatic N) is 3. The number of carbonyl (C=O) groups excluding carboxylic acids is 1. The lowest BCUT2D eigenvalue weighted by Gasteiger charge is -2.30. The number of halogens is 3. The minimum Gasteiger partial charge on any atom is -0.352 e. The van der Waals surface area contributed by atoms with Crippen molar-refractivity contribution in [2.24, 2.45) is 0 Å². The molecule has 10 heteroatoms. The zero-order valence-electron chi connectivity index (χ0n) is 16.4. The van der Waals surface area contributed by atoms with E-state index in [0.717, 1.165) is 5.17 Å². The summed E-state index contributed by atoms with van der Waals surface area (Å²) in [6.45, 7) is 5.13. The van der Waals surface area contributed by atoms with Crippen molar-refractivity contribution in [3.8, 4) is 11.4 Å². The Labute approximate surface area is 166 Å². The van der Waals surface area contributed by atoms with Crippen LogP contribution in [0.1, 0.15) is 44.0 Å². The van der Waals surface area contributed by atoms with Crippen LogP contribution in [0.5, 0.6) is 0 Å². The van der Waals surface area contributed by atoms with Crippen LogP contribution in [0.2, 0.25) is 0 Å². The lowest BCUT2D eigenvalue weighted by molar-refractivity contribution is -0.135. The number of alkyl halides is 3. The molecule has 3 N–H and O–H groups in total. The largest absolute Gasteiger partial charge is 0.389 e. The van der Waals surface area contributed by atoms with Crippen molar-refractivity contribution in [3.05, 3.63) is 42.2 Å². The number of nitrogens with one attached hydrogen (secondary N) is 2. The van der Waals surface area contributed by atoms with Crippen molar-refractivity contribution in [2.45, 2.75) is 45.3 Å². The summed E-state index contributed by atoms with van der Waals surface area (Å²) in [4.78, 5) is 20.9. The fourth-order valence-corrected chi connectivity index (χ4v) is 2.28. The molecule has 0 aliphatic carbocycles. The number of hydrogen-bond donors (Lipinski definition) is 3. The van der Waals surface area contributed by atoms with Crippen LogP contribution in [0.15, 0.2) is 36.7 Å². The molecule has 0 radical (unpaired) electrons. The molecule has 1 amide bonds. The molecule has 0 bridgehead atoms. The Kier molecular flexibility index (Phi) is 7.15. The van der Waals surface area contributed by atoms with Gasteiger partial charge in [-0.2, -0.15) is 13.2 Å². The second-order valence-electron chi connectivity index (χ2n) is 7.40. The Morgan fingerprint density at radius 3 is 2.41 bits per heavy atom. The van der Waals surface area contributed by atoms with Gasteiger partial charge in [-0.25, -0.2) is 9.97 Å². The predicted molar refractivity (Wildman–Crippen MR) is 102 cm³/mol. The van der Waals surface area contributed by atoms with E-state index in [1.165, 1.54) is 6.07 Å². The standard InChI is InChI=1S/C19H24F3N5O2/c1-18(2,3)27(29)26-15-7-6-13(16-23-10-5-11-24-16)12-14(15)17(28)25-9-4-8-19(20,21)22/h5-7,10-12,26,29H,4,8-9H2,1-3H3,(H,25,28). The van der Waals surface area contributed by atoms with E-state index in [1.807, 2.05) is 0 Å². The molecule has 0 saturated heterocycles. The van der Waals surface area contributed by atoms with Crippen LogP contribution >= 0.6 is 0 Å². The molecule has 0 fully saturated rings. The first-order valence-electron chi connectivity index (χ1n) is 8.99. The molecular formula is C19H24F3N5O2. The van der Waals surface area contributed by atoms with Crippen LogP contribution in [0.4, 0.5) is 18.9 Å². The van der Waals surface area contributed by atoms with Crippen LogP contribution in [0.25, 0.3) is 11.4 Å². The Balaban J connectivity index is 2.25. The zero-order valence-corrected chi connectivity index (χ0v) is 16.4. The quantitative estimate of drug-likeness (QED) is 0.471. The molecule has 0 atom stereocenters. The van der Waals surface area contributed by atoms with Gasteiger partial charge >= 0.3 is 6.18 Å². The van der Waals surface area contributed by atoms with E-state index in [1.54, 1.807) is 51.4 Å². The van der Waals surface area contributed by atoms with Crippen LogP contribution in [-0.2, 0) is 0 Å². The first kappa shape index (κ1) is 22.6. The summed E-state index contributed by atoms with van der Waals surface area (Å²) in [6, 6.07) is 6.42. The van der Waals surface area contributed by atoms with Gasteiger partial charge in [-0.05, 0) is 51.5 Å². The summed E-state index contributed by atoms with van der Waals surface area (Å²) < 4.78 is 36.9. The van der Waals surface area contributed by atoms with Crippen molar-refractivity contribution in [1.82, 2.24) is 20.5 Å². The van der Waals surface area contributed by atoms with E-state index < -0.39 is 24.0 Å². The third-order valence-electron chi connectivity index (χ3n) is 3.87. The predicted octanol–water partition coefficient (Wildman–Crippen LogP) is 4.03. The van der Waals surface area contributed by atoms with Crippen molar-refractivity contribution in [3.63, 3.8) is 0 Å². The summed E-state index contributed by atoms with van der Waals surface area (Å²) in [6.07, 6.45) is -2.37. The molecule has 0 spiro atoms. The van der Waals surface area contributed by atoms with Gasteiger partial charge in [0.05, 0.1) is 16.8 Å². The van der Waals surface area contributed by atoms with Gasteiger partial charge in [-0.3, -0.25) is 15.4 Å². The maximum absolute atomic E-state index is 12.6. The smallest absolute Gasteiger partial charge is 0.352 e. The molecule has 1 aromatic carbocycles. The van der Waals surface area contributed by atoms with Crippen LogP contribution < -0.4 is 10.7 Å².